The van der Waals surface area contributed by atoms with Gasteiger partial charge in [0.15, 0.2) is 0 Å². The van der Waals surface area contributed by atoms with E-state index in [1.54, 1.807) is 13.8 Å². The minimum atomic E-state index is -0.806. The third kappa shape index (κ3) is 2.16. The lowest BCUT2D eigenvalue weighted by Gasteiger charge is -2.16. The SMILES string of the molecule is CC1(C)NC(=O)N(CCc2ccccc2N)C1=O. The van der Waals surface area contributed by atoms with E-state index in [1.165, 1.54) is 4.90 Å². The molecule has 18 heavy (non-hydrogen) atoms. The molecule has 0 aliphatic carbocycles. The van der Waals surface area contributed by atoms with Crippen LogP contribution in [0, 0.1) is 0 Å². The highest BCUT2D eigenvalue weighted by atomic mass is 16.2. The number of carbonyl (C=O) groups excluding carboxylic acids is 2. The molecule has 0 saturated carbocycles. The number of imide groups is 1. The summed E-state index contributed by atoms with van der Waals surface area (Å²) in [6, 6.07) is 7.13. The summed E-state index contributed by atoms with van der Waals surface area (Å²) in [7, 11) is 0. The largest absolute Gasteiger partial charge is 0.399 e. The maximum atomic E-state index is 12.0. The van der Waals surface area contributed by atoms with Crippen molar-refractivity contribution in [3.63, 3.8) is 0 Å². The van der Waals surface area contributed by atoms with Crippen LogP contribution in [0.2, 0.25) is 0 Å². The lowest BCUT2D eigenvalue weighted by molar-refractivity contribution is -0.130. The molecule has 5 nitrogen and oxygen atoms in total. The molecule has 0 atom stereocenters. The van der Waals surface area contributed by atoms with Gasteiger partial charge in [-0.15, -0.1) is 0 Å². The van der Waals surface area contributed by atoms with E-state index in [9.17, 15) is 9.59 Å². The van der Waals surface area contributed by atoms with Crippen LogP contribution in [0.1, 0.15) is 19.4 Å². The lowest BCUT2D eigenvalue weighted by atomic mass is 10.1. The van der Waals surface area contributed by atoms with E-state index >= 15 is 0 Å². The van der Waals surface area contributed by atoms with E-state index in [0.29, 0.717) is 18.7 Å². The first-order chi connectivity index (χ1) is 8.42. The van der Waals surface area contributed by atoms with Gasteiger partial charge in [0.25, 0.3) is 5.91 Å². The zero-order valence-corrected chi connectivity index (χ0v) is 10.6. The molecule has 1 aliphatic rings. The standard InChI is InChI=1S/C13H17N3O2/c1-13(2)11(17)16(12(18)15-13)8-7-9-5-3-4-6-10(9)14/h3-6H,7-8,14H2,1-2H3,(H,15,18). The van der Waals surface area contributed by atoms with Crippen molar-refractivity contribution in [2.75, 3.05) is 12.3 Å². The third-order valence-corrected chi connectivity index (χ3v) is 3.10. The molecule has 0 bridgehead atoms. The minimum absolute atomic E-state index is 0.193. The molecular weight excluding hydrogens is 230 g/mol. The number of carbonyl (C=O) groups is 2. The molecule has 1 aromatic carbocycles. The Balaban J connectivity index is 2.06. The van der Waals surface area contributed by atoms with E-state index in [4.69, 9.17) is 5.73 Å². The molecule has 1 aromatic rings. The van der Waals surface area contributed by atoms with E-state index in [2.05, 4.69) is 5.32 Å². The quantitative estimate of drug-likeness (QED) is 0.621. The Bertz CT molecular complexity index is 497. The Morgan fingerprint density at radius 3 is 2.50 bits per heavy atom. The van der Waals surface area contributed by atoms with Crippen LogP contribution in [0.5, 0.6) is 0 Å². The molecule has 0 spiro atoms. The second kappa shape index (κ2) is 4.33. The van der Waals surface area contributed by atoms with Crippen LogP contribution in [0.15, 0.2) is 24.3 Å². The van der Waals surface area contributed by atoms with E-state index in [0.717, 1.165) is 5.56 Å². The molecule has 3 amide bonds. The lowest BCUT2D eigenvalue weighted by Crippen LogP contribution is -2.40. The van der Waals surface area contributed by atoms with Gasteiger partial charge in [-0.3, -0.25) is 9.69 Å². The summed E-state index contributed by atoms with van der Waals surface area (Å²) >= 11 is 0. The molecule has 1 fully saturated rings. The number of hydrogen-bond donors (Lipinski definition) is 2. The number of hydrogen-bond acceptors (Lipinski definition) is 3. The number of anilines is 1. The monoisotopic (exact) mass is 247 g/mol. The van der Waals surface area contributed by atoms with E-state index in [1.807, 2.05) is 24.3 Å². The number of nitrogens with zero attached hydrogens (tertiary/aromatic N) is 1. The van der Waals surface area contributed by atoms with Gasteiger partial charge >= 0.3 is 6.03 Å². The Labute approximate surface area is 106 Å². The fourth-order valence-electron chi connectivity index (χ4n) is 2.02. The van der Waals surface area contributed by atoms with Gasteiger partial charge in [-0.2, -0.15) is 0 Å². The van der Waals surface area contributed by atoms with Crippen molar-refractivity contribution in [3.8, 4) is 0 Å². The Morgan fingerprint density at radius 2 is 1.94 bits per heavy atom. The predicted molar refractivity (Wildman–Crippen MR) is 68.9 cm³/mol. The summed E-state index contributed by atoms with van der Waals surface area (Å²) in [4.78, 5) is 24.9. The Morgan fingerprint density at radius 1 is 1.28 bits per heavy atom. The Kier molecular flexibility index (Phi) is 2.98. The van der Waals surface area contributed by atoms with Crippen LogP contribution >= 0.6 is 0 Å². The Hall–Kier alpha value is -2.04. The van der Waals surface area contributed by atoms with E-state index in [-0.39, 0.29) is 11.9 Å². The van der Waals surface area contributed by atoms with Gasteiger partial charge in [0.2, 0.25) is 0 Å². The molecular formula is C13H17N3O2. The predicted octanol–water partition coefficient (Wildman–Crippen LogP) is 1.14. The molecule has 0 radical (unpaired) electrons. The van der Waals surface area contributed by atoms with Crippen LogP contribution in [0.4, 0.5) is 10.5 Å². The normalized spacial score (nSPS) is 18.0. The van der Waals surface area contributed by atoms with Crippen molar-refractivity contribution in [2.45, 2.75) is 25.8 Å². The summed E-state index contributed by atoms with van der Waals surface area (Å²) in [5.41, 5.74) is 6.65. The average Bonchev–Trinajstić information content (AvgIpc) is 2.49. The first-order valence-corrected chi connectivity index (χ1v) is 5.89. The molecule has 0 unspecified atom stereocenters. The number of rotatable bonds is 3. The summed E-state index contributed by atoms with van der Waals surface area (Å²) in [6.45, 7) is 3.75. The zero-order chi connectivity index (χ0) is 13.3. The van der Waals surface area contributed by atoms with Gasteiger partial charge in [-0.05, 0) is 31.9 Å². The summed E-state index contributed by atoms with van der Waals surface area (Å²) in [5.74, 6) is -0.193. The summed E-state index contributed by atoms with van der Waals surface area (Å²) < 4.78 is 0. The number of nitrogens with two attached hydrogens (primary N) is 1. The summed E-state index contributed by atoms with van der Waals surface area (Å²) in [6.07, 6.45) is 0.571. The molecule has 2 rings (SSSR count). The molecule has 3 N–H and O–H groups in total. The molecule has 96 valence electrons. The second-order valence-corrected chi connectivity index (χ2v) is 4.96. The fourth-order valence-corrected chi connectivity index (χ4v) is 2.02. The van der Waals surface area contributed by atoms with Crippen molar-refractivity contribution >= 4 is 17.6 Å². The van der Waals surface area contributed by atoms with E-state index < -0.39 is 5.54 Å². The van der Waals surface area contributed by atoms with Crippen LogP contribution in [0.3, 0.4) is 0 Å². The first-order valence-electron chi connectivity index (χ1n) is 5.89. The topological polar surface area (TPSA) is 75.4 Å². The number of nitrogen functional groups attached to an aromatic ring is 1. The summed E-state index contributed by atoms with van der Waals surface area (Å²) in [5, 5.41) is 2.65. The van der Waals surface area contributed by atoms with Crippen LogP contribution in [-0.4, -0.2) is 28.9 Å². The van der Waals surface area contributed by atoms with Crippen molar-refractivity contribution in [1.82, 2.24) is 10.2 Å². The van der Waals surface area contributed by atoms with Crippen molar-refractivity contribution < 1.29 is 9.59 Å². The van der Waals surface area contributed by atoms with Gasteiger partial charge in [0.05, 0.1) is 0 Å². The smallest absolute Gasteiger partial charge is 0.325 e. The second-order valence-electron chi connectivity index (χ2n) is 4.96. The number of nitrogens with one attached hydrogen (secondary N) is 1. The minimum Gasteiger partial charge on any atom is -0.399 e. The van der Waals surface area contributed by atoms with Crippen LogP contribution in [-0.2, 0) is 11.2 Å². The van der Waals surface area contributed by atoms with Gasteiger partial charge in [0, 0.05) is 12.2 Å². The fraction of sp³-hybridized carbons (Fsp3) is 0.385. The number of benzene rings is 1. The number of para-hydroxylation sites is 1. The third-order valence-electron chi connectivity index (χ3n) is 3.10. The van der Waals surface area contributed by atoms with Crippen LogP contribution in [0.25, 0.3) is 0 Å². The van der Waals surface area contributed by atoms with Gasteiger partial charge in [-0.1, -0.05) is 18.2 Å². The van der Waals surface area contributed by atoms with Crippen molar-refractivity contribution in [3.05, 3.63) is 29.8 Å². The van der Waals surface area contributed by atoms with Crippen molar-refractivity contribution in [2.24, 2.45) is 0 Å². The van der Waals surface area contributed by atoms with Gasteiger partial charge < -0.3 is 11.1 Å². The molecule has 1 aliphatic heterocycles. The molecule has 0 aromatic heterocycles. The van der Waals surface area contributed by atoms with Gasteiger partial charge in [-0.25, -0.2) is 4.79 Å². The molecule has 1 heterocycles. The molecule has 5 heteroatoms. The van der Waals surface area contributed by atoms with Crippen molar-refractivity contribution in [1.29, 1.82) is 0 Å². The van der Waals surface area contributed by atoms with Crippen LogP contribution < -0.4 is 11.1 Å². The highest BCUT2D eigenvalue weighted by Crippen LogP contribution is 2.18. The maximum Gasteiger partial charge on any atom is 0.325 e. The zero-order valence-electron chi connectivity index (χ0n) is 10.6. The molecule has 1 saturated heterocycles. The number of urea groups is 1. The highest BCUT2D eigenvalue weighted by molar-refractivity contribution is 6.06. The highest BCUT2D eigenvalue weighted by Gasteiger charge is 2.43. The van der Waals surface area contributed by atoms with Gasteiger partial charge in [0.1, 0.15) is 5.54 Å². The maximum absolute atomic E-state index is 12.0. The number of amides is 3. The first kappa shape index (κ1) is 12.4. The average molecular weight is 247 g/mol.